The van der Waals surface area contributed by atoms with Crippen LogP contribution < -0.4 is 5.32 Å². The van der Waals surface area contributed by atoms with Gasteiger partial charge in [-0.15, -0.1) is 0 Å². The van der Waals surface area contributed by atoms with Gasteiger partial charge in [0.2, 0.25) is 0 Å². The first-order valence-electron chi connectivity index (χ1n) is 5.72. The average molecular weight is 231 g/mol. The third-order valence-electron chi connectivity index (χ3n) is 2.71. The predicted octanol–water partition coefficient (Wildman–Crippen LogP) is 3.21. The second-order valence-corrected chi connectivity index (χ2v) is 4.32. The number of hydrogen-bond acceptors (Lipinski definition) is 4. The van der Waals surface area contributed by atoms with Gasteiger partial charge in [0.1, 0.15) is 11.6 Å². The topological polar surface area (TPSA) is 51.0 Å². The van der Waals surface area contributed by atoms with Gasteiger partial charge in [0.15, 0.2) is 0 Å². The number of hydrogen-bond donors (Lipinski definition) is 1. The van der Waals surface area contributed by atoms with E-state index in [1.807, 2.05) is 20.0 Å². The van der Waals surface area contributed by atoms with Crippen LogP contribution in [0.1, 0.15) is 31.2 Å². The maximum Gasteiger partial charge on any atom is 0.133 e. The van der Waals surface area contributed by atoms with Crippen LogP contribution >= 0.6 is 0 Å². The largest absolute Gasteiger partial charge is 0.472 e. The van der Waals surface area contributed by atoms with Crippen LogP contribution in [0.3, 0.4) is 0 Å². The summed E-state index contributed by atoms with van der Waals surface area (Å²) in [6, 6.07) is 1.92. The fourth-order valence-electron chi connectivity index (χ4n) is 1.72. The lowest BCUT2D eigenvalue weighted by Gasteiger charge is -2.12. The van der Waals surface area contributed by atoms with E-state index < -0.39 is 0 Å². The molecule has 2 aromatic heterocycles. The van der Waals surface area contributed by atoms with Gasteiger partial charge in [0.25, 0.3) is 0 Å². The molecule has 1 N–H and O–H groups in total. The molecule has 0 atom stereocenters. The molecule has 2 rings (SSSR count). The first-order chi connectivity index (χ1) is 8.13. The fraction of sp³-hybridized carbons (Fsp3) is 0.385. The lowest BCUT2D eigenvalue weighted by atomic mass is 10.1. The van der Waals surface area contributed by atoms with Gasteiger partial charge in [-0.2, -0.15) is 0 Å². The standard InChI is InChI=1S/C13H17N3O/c1-8(2)12-15-11(10-5-6-17-7-10)9(3)13(14-4)16-12/h5-8H,1-4H3,(H,14,15,16). The van der Waals surface area contributed by atoms with E-state index in [0.29, 0.717) is 5.92 Å². The number of aromatic nitrogens is 2. The molecule has 2 heterocycles. The molecule has 0 aromatic carbocycles. The second kappa shape index (κ2) is 4.57. The summed E-state index contributed by atoms with van der Waals surface area (Å²) in [5.74, 6) is 2.02. The molecule has 2 aromatic rings. The fourth-order valence-corrected chi connectivity index (χ4v) is 1.72. The Kier molecular flexibility index (Phi) is 3.13. The maximum absolute atomic E-state index is 5.12. The third kappa shape index (κ3) is 2.16. The second-order valence-electron chi connectivity index (χ2n) is 4.32. The Morgan fingerprint density at radius 2 is 2.06 bits per heavy atom. The Labute approximate surface area is 101 Å². The van der Waals surface area contributed by atoms with Crippen molar-refractivity contribution in [3.05, 3.63) is 30.0 Å². The van der Waals surface area contributed by atoms with E-state index in [4.69, 9.17) is 4.42 Å². The summed E-state index contributed by atoms with van der Waals surface area (Å²) in [5, 5.41) is 3.11. The van der Waals surface area contributed by atoms with Gasteiger partial charge in [-0.3, -0.25) is 0 Å². The normalized spacial score (nSPS) is 10.9. The average Bonchev–Trinajstić information content (AvgIpc) is 2.82. The van der Waals surface area contributed by atoms with Gasteiger partial charge in [0.05, 0.1) is 18.2 Å². The molecule has 17 heavy (non-hydrogen) atoms. The van der Waals surface area contributed by atoms with Gasteiger partial charge >= 0.3 is 0 Å². The first-order valence-corrected chi connectivity index (χ1v) is 5.72. The summed E-state index contributed by atoms with van der Waals surface area (Å²) in [6.07, 6.45) is 3.36. The zero-order chi connectivity index (χ0) is 12.4. The quantitative estimate of drug-likeness (QED) is 0.881. The van der Waals surface area contributed by atoms with E-state index in [0.717, 1.165) is 28.5 Å². The summed E-state index contributed by atoms with van der Waals surface area (Å²) in [4.78, 5) is 9.12. The van der Waals surface area contributed by atoms with E-state index in [1.54, 1.807) is 12.5 Å². The first kappa shape index (κ1) is 11.6. The number of furan rings is 1. The SMILES string of the molecule is CNc1nc(C(C)C)nc(-c2ccoc2)c1C. The minimum Gasteiger partial charge on any atom is -0.472 e. The van der Waals surface area contributed by atoms with Gasteiger partial charge in [-0.25, -0.2) is 9.97 Å². The Balaban J connectivity index is 2.61. The van der Waals surface area contributed by atoms with Crippen LogP contribution in [-0.4, -0.2) is 17.0 Å². The van der Waals surface area contributed by atoms with Crippen molar-refractivity contribution in [3.63, 3.8) is 0 Å². The minimum atomic E-state index is 0.299. The molecule has 0 fully saturated rings. The lowest BCUT2D eigenvalue weighted by Crippen LogP contribution is -2.06. The van der Waals surface area contributed by atoms with Crippen molar-refractivity contribution < 1.29 is 4.42 Å². The predicted molar refractivity (Wildman–Crippen MR) is 68.1 cm³/mol. The molecule has 0 unspecified atom stereocenters. The van der Waals surface area contributed by atoms with E-state index in [2.05, 4.69) is 29.1 Å². The van der Waals surface area contributed by atoms with Crippen molar-refractivity contribution >= 4 is 5.82 Å². The van der Waals surface area contributed by atoms with E-state index in [9.17, 15) is 0 Å². The highest BCUT2D eigenvalue weighted by atomic mass is 16.3. The Bertz CT molecular complexity index is 504. The van der Waals surface area contributed by atoms with E-state index in [-0.39, 0.29) is 0 Å². The lowest BCUT2D eigenvalue weighted by molar-refractivity contribution is 0.568. The summed E-state index contributed by atoms with van der Waals surface area (Å²) in [5.41, 5.74) is 2.96. The van der Waals surface area contributed by atoms with Crippen LogP contribution in [0.25, 0.3) is 11.3 Å². The van der Waals surface area contributed by atoms with E-state index >= 15 is 0 Å². The minimum absolute atomic E-state index is 0.299. The van der Waals surface area contributed by atoms with E-state index in [1.165, 1.54) is 0 Å². The van der Waals surface area contributed by atoms with Crippen molar-refractivity contribution in [3.8, 4) is 11.3 Å². The molecule has 0 radical (unpaired) electrons. The molecule has 0 amide bonds. The molecule has 0 saturated heterocycles. The molecule has 0 aliphatic carbocycles. The molecule has 4 heteroatoms. The number of nitrogens with zero attached hydrogens (tertiary/aromatic N) is 2. The Hall–Kier alpha value is -1.84. The van der Waals surface area contributed by atoms with Gasteiger partial charge in [-0.1, -0.05) is 13.8 Å². The van der Waals surface area contributed by atoms with Crippen molar-refractivity contribution in [2.75, 3.05) is 12.4 Å². The highest BCUT2D eigenvalue weighted by Crippen LogP contribution is 2.27. The maximum atomic E-state index is 5.12. The molecule has 0 aliphatic rings. The summed E-state index contributed by atoms with van der Waals surface area (Å²) in [7, 11) is 1.87. The van der Waals surface area contributed by atoms with Gasteiger partial charge < -0.3 is 9.73 Å². The summed E-state index contributed by atoms with van der Waals surface area (Å²) >= 11 is 0. The van der Waals surface area contributed by atoms with Crippen molar-refractivity contribution in [2.24, 2.45) is 0 Å². The summed E-state index contributed by atoms with van der Waals surface area (Å²) < 4.78 is 5.12. The molecule has 0 spiro atoms. The zero-order valence-corrected chi connectivity index (χ0v) is 10.6. The van der Waals surface area contributed by atoms with Crippen LogP contribution in [0.2, 0.25) is 0 Å². The van der Waals surface area contributed by atoms with Crippen LogP contribution in [0.5, 0.6) is 0 Å². The zero-order valence-electron chi connectivity index (χ0n) is 10.6. The van der Waals surface area contributed by atoms with Crippen molar-refractivity contribution in [1.29, 1.82) is 0 Å². The van der Waals surface area contributed by atoms with Gasteiger partial charge in [-0.05, 0) is 13.0 Å². The van der Waals surface area contributed by atoms with Crippen LogP contribution in [0.4, 0.5) is 5.82 Å². The number of nitrogens with one attached hydrogen (secondary N) is 1. The Morgan fingerprint density at radius 1 is 1.29 bits per heavy atom. The molecular weight excluding hydrogens is 214 g/mol. The Morgan fingerprint density at radius 3 is 2.59 bits per heavy atom. The monoisotopic (exact) mass is 231 g/mol. The smallest absolute Gasteiger partial charge is 0.133 e. The molecular formula is C13H17N3O. The molecule has 90 valence electrons. The molecule has 0 aliphatic heterocycles. The van der Waals surface area contributed by atoms with Crippen LogP contribution in [0.15, 0.2) is 23.0 Å². The van der Waals surface area contributed by atoms with Crippen molar-refractivity contribution in [2.45, 2.75) is 26.7 Å². The molecule has 0 bridgehead atoms. The van der Waals surface area contributed by atoms with Crippen molar-refractivity contribution in [1.82, 2.24) is 9.97 Å². The summed E-state index contributed by atoms with van der Waals surface area (Å²) in [6.45, 7) is 6.19. The molecule has 4 nitrogen and oxygen atoms in total. The van der Waals surface area contributed by atoms with Crippen LogP contribution in [-0.2, 0) is 0 Å². The third-order valence-corrected chi connectivity index (χ3v) is 2.71. The highest BCUT2D eigenvalue weighted by Gasteiger charge is 2.14. The number of rotatable bonds is 3. The number of anilines is 1. The molecule has 0 saturated carbocycles. The van der Waals surface area contributed by atoms with Gasteiger partial charge in [0, 0.05) is 24.1 Å². The van der Waals surface area contributed by atoms with Crippen LogP contribution in [0, 0.1) is 6.92 Å². The highest BCUT2D eigenvalue weighted by molar-refractivity contribution is 5.67.